The molecule has 5 rings (SSSR count). The molecule has 2 aromatic carbocycles. The van der Waals surface area contributed by atoms with Gasteiger partial charge in [-0.25, -0.2) is 0 Å². The van der Waals surface area contributed by atoms with Crippen LogP contribution in [0.5, 0.6) is 0 Å². The Hall–Kier alpha value is -4.56. The van der Waals surface area contributed by atoms with E-state index in [2.05, 4.69) is 16.0 Å². The molecule has 8 nitrogen and oxygen atoms in total. The Morgan fingerprint density at radius 2 is 1.86 bits per heavy atom. The molecule has 0 saturated carbocycles. The predicted molar refractivity (Wildman–Crippen MR) is 137 cm³/mol. The van der Waals surface area contributed by atoms with Crippen molar-refractivity contribution in [3.05, 3.63) is 112 Å². The van der Waals surface area contributed by atoms with Crippen LogP contribution in [0.1, 0.15) is 43.4 Å². The Morgan fingerprint density at radius 3 is 2.57 bits per heavy atom. The lowest BCUT2D eigenvalue weighted by atomic mass is 9.92. The Morgan fingerprint density at radius 1 is 1.08 bits per heavy atom. The number of aromatic nitrogens is 2. The molecular formula is C29H25N3O5. The van der Waals surface area contributed by atoms with Crippen LogP contribution < -0.4 is 0 Å². The maximum Gasteiger partial charge on any atom is 0.290 e. The van der Waals surface area contributed by atoms with Gasteiger partial charge in [0, 0.05) is 47.2 Å². The van der Waals surface area contributed by atoms with Crippen molar-refractivity contribution in [3.63, 3.8) is 0 Å². The van der Waals surface area contributed by atoms with Gasteiger partial charge in [-0.15, -0.1) is 0 Å². The van der Waals surface area contributed by atoms with E-state index in [1.165, 1.54) is 17.3 Å². The number of nitrogens with zero attached hydrogens (tertiary/aromatic N) is 2. The number of carbonyl (C=O) groups is 3. The topological polar surface area (TPSA) is 124 Å². The zero-order valence-electron chi connectivity index (χ0n) is 20.1. The van der Waals surface area contributed by atoms with Gasteiger partial charge in [0.05, 0.1) is 11.6 Å². The van der Waals surface area contributed by atoms with Crippen molar-refractivity contribution >= 4 is 28.4 Å². The molecule has 2 aromatic heterocycles. The maximum absolute atomic E-state index is 13.5. The molecule has 1 aliphatic rings. The predicted octanol–water partition coefficient (Wildman–Crippen LogP) is 3.87. The third-order valence-electron chi connectivity index (χ3n) is 6.71. The summed E-state index contributed by atoms with van der Waals surface area (Å²) in [4.78, 5) is 47.4. The van der Waals surface area contributed by atoms with Crippen molar-refractivity contribution in [3.8, 4) is 0 Å². The lowest BCUT2D eigenvalue weighted by Gasteiger charge is -2.27. The number of hydrogen-bond donors (Lipinski definition) is 3. The van der Waals surface area contributed by atoms with E-state index in [4.69, 9.17) is 0 Å². The first-order chi connectivity index (χ1) is 17.9. The van der Waals surface area contributed by atoms with E-state index in [1.807, 2.05) is 25.3 Å². The normalized spacial score (nSPS) is 15.6. The van der Waals surface area contributed by atoms with Gasteiger partial charge in [0.1, 0.15) is 6.61 Å². The lowest BCUT2D eigenvalue weighted by Crippen LogP contribution is -2.33. The summed E-state index contributed by atoms with van der Waals surface area (Å²) < 4.78 is 0. The molecule has 0 radical (unpaired) electrons. The van der Waals surface area contributed by atoms with Gasteiger partial charge in [-0.2, -0.15) is 0 Å². The summed E-state index contributed by atoms with van der Waals surface area (Å²) in [6.45, 7) is 1.64. The molecule has 0 spiro atoms. The molecule has 8 heteroatoms. The quantitative estimate of drug-likeness (QED) is 0.319. The molecule has 3 N–H and O–H groups in total. The molecule has 4 aromatic rings. The van der Waals surface area contributed by atoms with E-state index in [0.717, 1.165) is 22.0 Å². The zero-order chi connectivity index (χ0) is 26.1. The van der Waals surface area contributed by atoms with Gasteiger partial charge in [0.25, 0.3) is 5.91 Å². The fraction of sp³-hybridized carbons (Fsp3) is 0.172. The first-order valence-corrected chi connectivity index (χ1v) is 11.9. The van der Waals surface area contributed by atoms with Gasteiger partial charge in [-0.1, -0.05) is 36.4 Å². The average Bonchev–Trinajstić information content (AvgIpc) is 3.44. The molecule has 3 heterocycles. The molecule has 0 bridgehead atoms. The highest BCUT2D eigenvalue weighted by Crippen LogP contribution is 2.39. The van der Waals surface area contributed by atoms with Crippen molar-refractivity contribution in [2.75, 3.05) is 13.2 Å². The van der Waals surface area contributed by atoms with Crippen LogP contribution in [0, 0.1) is 6.92 Å². The number of Topliss-reactive ketones (excluding diaryl/α,β-unsaturated/α-hetero) is 2. The van der Waals surface area contributed by atoms with E-state index in [-0.39, 0.29) is 17.7 Å². The number of amides is 1. The summed E-state index contributed by atoms with van der Waals surface area (Å²) in [5.41, 5.74) is 4.23. The van der Waals surface area contributed by atoms with Crippen molar-refractivity contribution < 1.29 is 24.6 Å². The highest BCUT2D eigenvalue weighted by Gasteiger charge is 2.43. The van der Waals surface area contributed by atoms with Crippen molar-refractivity contribution in [2.24, 2.45) is 0 Å². The second-order valence-electron chi connectivity index (χ2n) is 9.05. The minimum atomic E-state index is -0.856. The third-order valence-corrected chi connectivity index (χ3v) is 6.71. The number of aliphatic hydroxyl groups is 2. The van der Waals surface area contributed by atoms with Crippen LogP contribution in [-0.2, 0) is 11.2 Å². The number of aromatic amines is 1. The number of aliphatic hydroxyl groups excluding tert-OH is 2. The molecule has 1 aliphatic heterocycles. The number of nitrogens with one attached hydrogen (secondary N) is 1. The Bertz CT molecular complexity index is 1540. The third kappa shape index (κ3) is 4.43. The van der Waals surface area contributed by atoms with Gasteiger partial charge >= 0.3 is 0 Å². The number of rotatable bonds is 8. The van der Waals surface area contributed by atoms with Crippen LogP contribution in [0.2, 0.25) is 0 Å². The summed E-state index contributed by atoms with van der Waals surface area (Å²) in [7, 11) is 0. The number of aryl methyl sites for hydroxylation is 1. The highest BCUT2D eigenvalue weighted by molar-refractivity contribution is 6.16. The van der Waals surface area contributed by atoms with Crippen LogP contribution in [0.15, 0.2) is 84.5 Å². The second kappa shape index (κ2) is 9.83. The van der Waals surface area contributed by atoms with Gasteiger partial charge in [0.2, 0.25) is 0 Å². The highest BCUT2D eigenvalue weighted by atomic mass is 16.3. The fourth-order valence-electron chi connectivity index (χ4n) is 4.81. The van der Waals surface area contributed by atoms with Crippen LogP contribution >= 0.6 is 0 Å². The Labute approximate surface area is 212 Å². The molecule has 0 fully saturated rings. The average molecular weight is 496 g/mol. The summed E-state index contributed by atoms with van der Waals surface area (Å²) >= 11 is 0. The van der Waals surface area contributed by atoms with E-state index in [9.17, 15) is 24.6 Å². The number of pyridine rings is 1. The molecule has 0 aliphatic carbocycles. The molecule has 1 amide bonds. The van der Waals surface area contributed by atoms with Crippen molar-refractivity contribution in [1.82, 2.24) is 14.9 Å². The van der Waals surface area contributed by atoms with E-state index < -0.39 is 35.9 Å². The standard InChI is InChI=1S/C29H25N3O5/c1-17-4-9-22-20(15-31-23(22)13-17)10-12-32-26(19-7-5-18(6-8-19)24(34)16-33)25(28(36)29(32)37)27(35)21-3-2-11-30-14-21/h2-9,11,13-15,26,31,33,36H,10,12,16H2,1H3. The summed E-state index contributed by atoms with van der Waals surface area (Å²) in [6, 6.07) is 14.8. The molecule has 0 saturated heterocycles. The number of carbonyl (C=O) groups excluding carboxylic acids is 3. The van der Waals surface area contributed by atoms with Crippen molar-refractivity contribution in [1.29, 1.82) is 0 Å². The van der Waals surface area contributed by atoms with E-state index >= 15 is 0 Å². The fourth-order valence-corrected chi connectivity index (χ4v) is 4.81. The molecule has 186 valence electrons. The Balaban J connectivity index is 1.51. The van der Waals surface area contributed by atoms with E-state index in [1.54, 1.807) is 36.4 Å². The van der Waals surface area contributed by atoms with Gasteiger partial charge in [0.15, 0.2) is 17.3 Å². The Kier molecular flexibility index (Phi) is 6.42. The number of hydrogen-bond acceptors (Lipinski definition) is 6. The smallest absolute Gasteiger partial charge is 0.290 e. The monoisotopic (exact) mass is 495 g/mol. The van der Waals surface area contributed by atoms with Gasteiger partial charge in [-0.05, 0) is 48.2 Å². The number of H-pyrrole nitrogens is 1. The number of benzene rings is 2. The van der Waals surface area contributed by atoms with Gasteiger partial charge in [-0.3, -0.25) is 19.4 Å². The molecule has 37 heavy (non-hydrogen) atoms. The first kappa shape index (κ1) is 24.1. The zero-order valence-corrected chi connectivity index (χ0v) is 20.1. The lowest BCUT2D eigenvalue weighted by molar-refractivity contribution is -0.129. The van der Waals surface area contributed by atoms with Crippen LogP contribution in [0.3, 0.4) is 0 Å². The largest absolute Gasteiger partial charge is 0.503 e. The van der Waals surface area contributed by atoms with Gasteiger partial charge < -0.3 is 20.1 Å². The number of ketones is 2. The minimum absolute atomic E-state index is 0.0335. The van der Waals surface area contributed by atoms with Crippen LogP contribution in [-0.4, -0.2) is 55.7 Å². The molecular weight excluding hydrogens is 470 g/mol. The van der Waals surface area contributed by atoms with Crippen molar-refractivity contribution in [2.45, 2.75) is 19.4 Å². The minimum Gasteiger partial charge on any atom is -0.503 e. The summed E-state index contributed by atoms with van der Waals surface area (Å²) in [5.74, 6) is -2.16. The van der Waals surface area contributed by atoms with Crippen LogP contribution in [0.4, 0.5) is 0 Å². The number of fused-ring (bicyclic) bond motifs is 1. The molecule has 1 unspecified atom stereocenters. The summed E-state index contributed by atoms with van der Waals surface area (Å²) in [6.07, 6.45) is 5.33. The summed E-state index contributed by atoms with van der Waals surface area (Å²) in [5, 5.41) is 21.1. The second-order valence-corrected chi connectivity index (χ2v) is 9.05. The SMILES string of the molecule is Cc1ccc2c(CCN3C(=O)C(O)=C(C(=O)c4cccnc4)C3c3ccc(C(=O)CO)cc3)c[nH]c2c1. The maximum atomic E-state index is 13.5. The molecule has 1 atom stereocenters. The van der Waals surface area contributed by atoms with Crippen LogP contribution in [0.25, 0.3) is 10.9 Å². The van der Waals surface area contributed by atoms with E-state index in [0.29, 0.717) is 17.5 Å². The first-order valence-electron chi connectivity index (χ1n) is 11.9.